The van der Waals surface area contributed by atoms with Crippen molar-refractivity contribution < 1.29 is 19.0 Å². The third kappa shape index (κ3) is 12.8. The molecule has 4 aromatic heterocycles. The van der Waals surface area contributed by atoms with Crippen LogP contribution in [0.1, 0.15) is 39.2 Å². The standard InChI is InChI=1S/C37H37N5O4.C25H18BrN5/c1-4-44-33(43)25-30-24-29(45-37(2,3)46-30)20-21-31-34(26-14-8-5-9-15-26)41-42(35(31)27-16-10-6-11-17-27)32-22-23-38-36(40-32)39-28-18-12-7-13-19-28;26-22-23(18-10-4-1-5-11-18)30-31(24(22)19-12-6-2-7-13-19)21-16-17-27-25(29-21)28-20-14-8-3-9-15-20/h5-23,29-30H,4,24-25H2,1-3H3,(H,38,39,40);1-17H,(H,27,28,29)/b21-20+;/t29-,30-;/m1./s1. The number of anilines is 4. The molecule has 0 radical (unpaired) electrons. The second kappa shape index (κ2) is 24.2. The molecule has 1 aliphatic rings. The number of esters is 1. The first-order valence-corrected chi connectivity index (χ1v) is 26.1. The fraction of sp³-hybridized carbons (Fsp3) is 0.145. The van der Waals surface area contributed by atoms with Crippen molar-refractivity contribution in [2.24, 2.45) is 0 Å². The number of nitrogens with one attached hydrogen (secondary N) is 2. The number of aromatic nitrogens is 8. The van der Waals surface area contributed by atoms with Crippen LogP contribution in [0.4, 0.5) is 23.3 Å². The molecule has 2 N–H and O–H groups in total. The minimum absolute atomic E-state index is 0.167. The van der Waals surface area contributed by atoms with Gasteiger partial charge in [-0.2, -0.15) is 20.2 Å². The summed E-state index contributed by atoms with van der Waals surface area (Å²) >= 11 is 3.80. The lowest BCUT2D eigenvalue weighted by atomic mass is 9.99. The van der Waals surface area contributed by atoms with Crippen molar-refractivity contribution in [1.29, 1.82) is 0 Å². The van der Waals surface area contributed by atoms with Crippen LogP contribution >= 0.6 is 15.9 Å². The van der Waals surface area contributed by atoms with Crippen molar-refractivity contribution in [3.05, 3.63) is 223 Å². The molecule has 384 valence electrons. The number of carbonyl (C=O) groups is 1. The quantitative estimate of drug-likeness (QED) is 0.0939. The van der Waals surface area contributed by atoms with Crippen molar-refractivity contribution in [2.45, 2.75) is 51.6 Å². The summed E-state index contributed by atoms with van der Waals surface area (Å²) < 4.78 is 22.2. The molecule has 1 fully saturated rings. The molecule has 0 amide bonds. The number of hydrogen-bond acceptors (Lipinski definition) is 12. The number of ether oxygens (including phenoxy) is 3. The third-order valence-corrected chi connectivity index (χ3v) is 13.0. The van der Waals surface area contributed by atoms with Crippen LogP contribution in [-0.2, 0) is 19.0 Å². The van der Waals surface area contributed by atoms with Crippen molar-refractivity contribution in [3.8, 4) is 56.7 Å². The number of hydrogen-bond donors (Lipinski definition) is 2. The van der Waals surface area contributed by atoms with Crippen LogP contribution in [-0.4, -0.2) is 70.1 Å². The van der Waals surface area contributed by atoms with Crippen molar-refractivity contribution >= 4 is 51.2 Å². The van der Waals surface area contributed by atoms with Crippen molar-refractivity contribution in [3.63, 3.8) is 0 Å². The van der Waals surface area contributed by atoms with Gasteiger partial charge in [0.1, 0.15) is 11.4 Å². The van der Waals surface area contributed by atoms with Gasteiger partial charge in [0.05, 0.1) is 41.1 Å². The Bertz CT molecular complexity index is 3570. The zero-order valence-electron chi connectivity index (χ0n) is 42.6. The first kappa shape index (κ1) is 51.6. The molecule has 14 nitrogen and oxygen atoms in total. The monoisotopic (exact) mass is 1080 g/mol. The number of rotatable bonds is 15. The van der Waals surface area contributed by atoms with Gasteiger partial charge in [-0.3, -0.25) is 4.79 Å². The lowest BCUT2D eigenvalue weighted by molar-refractivity contribution is -0.290. The average molecular weight is 1080 g/mol. The van der Waals surface area contributed by atoms with Crippen LogP contribution in [0.2, 0.25) is 0 Å². The fourth-order valence-corrected chi connectivity index (χ4v) is 9.69. The molecule has 0 bridgehead atoms. The lowest BCUT2D eigenvalue weighted by Gasteiger charge is -2.39. The van der Waals surface area contributed by atoms with Crippen LogP contribution in [0.25, 0.3) is 62.7 Å². The maximum atomic E-state index is 12.3. The Morgan fingerprint density at radius 1 is 0.610 bits per heavy atom. The van der Waals surface area contributed by atoms with E-state index in [-0.39, 0.29) is 24.6 Å². The average Bonchev–Trinajstić information content (AvgIpc) is 4.08. The van der Waals surface area contributed by atoms with Gasteiger partial charge in [-0.25, -0.2) is 19.3 Å². The predicted molar refractivity (Wildman–Crippen MR) is 306 cm³/mol. The molecule has 2 atom stereocenters. The van der Waals surface area contributed by atoms with E-state index in [1.54, 1.807) is 19.3 Å². The van der Waals surface area contributed by atoms with E-state index in [1.807, 2.05) is 187 Å². The van der Waals surface area contributed by atoms with Gasteiger partial charge in [0, 0.05) is 70.1 Å². The molecule has 15 heteroatoms. The Hall–Kier alpha value is -8.89. The second-order valence-corrected chi connectivity index (χ2v) is 19.1. The maximum Gasteiger partial charge on any atom is 0.308 e. The van der Waals surface area contributed by atoms with E-state index in [1.165, 1.54) is 0 Å². The molecule has 11 rings (SSSR count). The van der Waals surface area contributed by atoms with Crippen LogP contribution < -0.4 is 10.6 Å². The minimum Gasteiger partial charge on any atom is -0.466 e. The molecule has 0 spiro atoms. The van der Waals surface area contributed by atoms with E-state index < -0.39 is 5.79 Å². The lowest BCUT2D eigenvalue weighted by Crippen LogP contribution is -2.44. The smallest absolute Gasteiger partial charge is 0.308 e. The Morgan fingerprint density at radius 2 is 1.05 bits per heavy atom. The highest BCUT2D eigenvalue weighted by molar-refractivity contribution is 9.10. The highest BCUT2D eigenvalue weighted by Crippen LogP contribution is 2.39. The molecule has 10 aromatic rings. The first-order valence-electron chi connectivity index (χ1n) is 25.3. The molecule has 6 aromatic carbocycles. The largest absolute Gasteiger partial charge is 0.466 e. The van der Waals surface area contributed by atoms with Crippen molar-refractivity contribution in [1.82, 2.24) is 39.5 Å². The van der Waals surface area contributed by atoms with E-state index >= 15 is 0 Å². The van der Waals surface area contributed by atoms with Crippen molar-refractivity contribution in [2.75, 3.05) is 17.2 Å². The number of nitrogens with zero attached hydrogens (tertiary/aromatic N) is 8. The van der Waals surface area contributed by atoms with Gasteiger partial charge in [0.2, 0.25) is 11.9 Å². The van der Waals surface area contributed by atoms with E-state index in [4.69, 9.17) is 34.4 Å². The van der Waals surface area contributed by atoms with E-state index in [0.717, 1.165) is 66.4 Å². The maximum absolute atomic E-state index is 12.3. The Kier molecular flexibility index (Phi) is 16.2. The van der Waals surface area contributed by atoms with Crippen LogP contribution in [0, 0.1) is 0 Å². The van der Waals surface area contributed by atoms with Gasteiger partial charge in [0.15, 0.2) is 17.4 Å². The summed E-state index contributed by atoms with van der Waals surface area (Å²) in [5, 5.41) is 16.6. The van der Waals surface area contributed by atoms with Gasteiger partial charge in [-0.15, -0.1) is 0 Å². The van der Waals surface area contributed by atoms with Gasteiger partial charge in [0.25, 0.3) is 0 Å². The molecule has 1 saturated heterocycles. The fourth-order valence-electron chi connectivity index (χ4n) is 8.98. The zero-order chi connectivity index (χ0) is 53.0. The summed E-state index contributed by atoms with van der Waals surface area (Å²) in [6.45, 7) is 5.86. The first-order chi connectivity index (χ1) is 37.7. The molecule has 1 aliphatic heterocycles. The summed E-state index contributed by atoms with van der Waals surface area (Å²) in [6, 6.07) is 63.9. The molecule has 77 heavy (non-hydrogen) atoms. The van der Waals surface area contributed by atoms with E-state index in [2.05, 4.69) is 79.0 Å². The SMILES string of the molecule is Brc1c(-c2ccccc2)nn(-c2ccnc(Nc3ccccc3)n2)c1-c1ccccc1.CCOC(=O)C[C@H]1C[C@@H](/C=C/c2c(-c3ccccc3)nn(-c3ccnc(Nc4ccccc4)n3)c2-c2ccccc2)OC(C)(C)O1. The van der Waals surface area contributed by atoms with Gasteiger partial charge in [-0.05, 0) is 61.0 Å². The van der Waals surface area contributed by atoms with Crippen LogP contribution in [0.5, 0.6) is 0 Å². The minimum atomic E-state index is -0.873. The van der Waals surface area contributed by atoms with Gasteiger partial charge < -0.3 is 24.8 Å². The normalized spacial score (nSPS) is 14.8. The second-order valence-electron chi connectivity index (χ2n) is 18.3. The highest BCUT2D eigenvalue weighted by atomic mass is 79.9. The highest BCUT2D eigenvalue weighted by Gasteiger charge is 2.36. The molecule has 0 saturated carbocycles. The van der Waals surface area contributed by atoms with Crippen LogP contribution in [0.3, 0.4) is 0 Å². The predicted octanol–water partition coefficient (Wildman–Crippen LogP) is 14.1. The summed E-state index contributed by atoms with van der Waals surface area (Å²) in [6.07, 6.45) is 7.59. The number of benzene rings is 6. The number of para-hydroxylation sites is 2. The molecule has 5 heterocycles. The summed E-state index contributed by atoms with van der Waals surface area (Å²) in [4.78, 5) is 30.7. The molecule has 0 aliphatic carbocycles. The Morgan fingerprint density at radius 3 is 1.56 bits per heavy atom. The summed E-state index contributed by atoms with van der Waals surface area (Å²) in [5.41, 5.74) is 10.2. The topological polar surface area (TPSA) is 156 Å². The molecule has 0 unspecified atom stereocenters. The Balaban J connectivity index is 0.000000188. The van der Waals surface area contributed by atoms with E-state index in [9.17, 15) is 4.79 Å². The third-order valence-electron chi connectivity index (χ3n) is 12.3. The summed E-state index contributed by atoms with van der Waals surface area (Å²) in [7, 11) is 0. The van der Waals surface area contributed by atoms with Gasteiger partial charge in [-0.1, -0.05) is 170 Å². The zero-order valence-corrected chi connectivity index (χ0v) is 44.2. The Labute approximate surface area is 455 Å². The molecular formula is C62H55BrN10O4. The number of carbonyl (C=O) groups excluding carboxylic acids is 1. The summed E-state index contributed by atoms with van der Waals surface area (Å²) in [5.74, 6) is 1.11. The van der Waals surface area contributed by atoms with E-state index in [0.29, 0.717) is 36.6 Å². The number of halogens is 1. The van der Waals surface area contributed by atoms with Gasteiger partial charge >= 0.3 is 5.97 Å². The van der Waals surface area contributed by atoms with Crippen LogP contribution in [0.15, 0.2) is 217 Å². The molecular weight excluding hydrogens is 1030 g/mol.